The maximum absolute atomic E-state index is 5.45. The minimum atomic E-state index is 0.646. The highest BCUT2D eigenvalue weighted by Crippen LogP contribution is 2.30. The summed E-state index contributed by atoms with van der Waals surface area (Å²) in [5, 5.41) is 1.23. The Hall–Kier alpha value is -2.49. The van der Waals surface area contributed by atoms with Crippen LogP contribution in [0.4, 0.5) is 0 Å². The summed E-state index contributed by atoms with van der Waals surface area (Å²) in [4.78, 5) is 4.43. The minimum absolute atomic E-state index is 0.646. The Kier molecular flexibility index (Phi) is 3.52. The van der Waals surface area contributed by atoms with Gasteiger partial charge in [0.05, 0.1) is 20.8 Å². The zero-order valence-corrected chi connectivity index (χ0v) is 12.5. The van der Waals surface area contributed by atoms with E-state index < -0.39 is 0 Å². The molecule has 4 heteroatoms. The molecule has 2 heterocycles. The second-order valence-electron chi connectivity index (χ2n) is 5.00. The lowest BCUT2D eigenvalue weighted by atomic mass is 10.2. The Morgan fingerprint density at radius 1 is 1.10 bits per heavy atom. The normalized spacial score (nSPS) is 10.8. The van der Waals surface area contributed by atoms with Crippen LogP contribution in [0.3, 0.4) is 0 Å². The fourth-order valence-electron chi connectivity index (χ4n) is 2.58. The quantitative estimate of drug-likeness (QED) is 0.735. The number of fused-ring (bicyclic) bond motifs is 1. The van der Waals surface area contributed by atoms with Crippen molar-refractivity contribution in [2.24, 2.45) is 0 Å². The molecule has 0 bridgehead atoms. The summed E-state index contributed by atoms with van der Waals surface area (Å²) in [6.07, 6.45) is 3.82. The van der Waals surface area contributed by atoms with Crippen molar-refractivity contribution in [3.8, 4) is 11.5 Å². The third-order valence-corrected chi connectivity index (χ3v) is 3.61. The number of benzene rings is 1. The fourth-order valence-corrected chi connectivity index (χ4v) is 2.58. The van der Waals surface area contributed by atoms with E-state index in [-0.39, 0.29) is 0 Å². The van der Waals surface area contributed by atoms with Gasteiger partial charge in [0, 0.05) is 24.0 Å². The highest BCUT2D eigenvalue weighted by molar-refractivity contribution is 5.80. The monoisotopic (exact) mass is 282 g/mol. The largest absolute Gasteiger partial charge is 0.493 e. The fraction of sp³-hybridized carbons (Fsp3) is 0.235. The maximum atomic E-state index is 5.45. The molecule has 0 radical (unpaired) electrons. The van der Waals surface area contributed by atoms with Crippen molar-refractivity contribution in [3.63, 3.8) is 0 Å². The smallest absolute Gasteiger partial charge is 0.184 e. The number of pyridine rings is 1. The summed E-state index contributed by atoms with van der Waals surface area (Å²) < 4.78 is 12.9. The molecule has 0 saturated heterocycles. The summed E-state index contributed by atoms with van der Waals surface area (Å²) in [6, 6.07) is 10.4. The molecule has 2 aromatic heterocycles. The van der Waals surface area contributed by atoms with Gasteiger partial charge in [-0.15, -0.1) is 0 Å². The van der Waals surface area contributed by atoms with E-state index in [1.807, 2.05) is 0 Å². The van der Waals surface area contributed by atoms with E-state index in [1.165, 1.54) is 16.5 Å². The maximum Gasteiger partial charge on any atom is 0.184 e. The van der Waals surface area contributed by atoms with Crippen LogP contribution in [0, 0.1) is 6.92 Å². The summed E-state index contributed by atoms with van der Waals surface area (Å²) >= 11 is 0. The molecular weight excluding hydrogens is 264 g/mol. The molecule has 0 amide bonds. The van der Waals surface area contributed by atoms with E-state index in [4.69, 9.17) is 9.47 Å². The number of ether oxygens (including phenoxy) is 2. The highest BCUT2D eigenvalue weighted by Gasteiger charge is 2.12. The van der Waals surface area contributed by atoms with Gasteiger partial charge in [0.1, 0.15) is 5.69 Å². The average Bonchev–Trinajstić information content (AvgIpc) is 2.89. The molecule has 4 nitrogen and oxygen atoms in total. The molecule has 0 aliphatic carbocycles. The van der Waals surface area contributed by atoms with Gasteiger partial charge >= 0.3 is 0 Å². The van der Waals surface area contributed by atoms with E-state index in [1.54, 1.807) is 26.5 Å². The molecular formula is C17H18N2O2. The Balaban J connectivity index is 2.03. The van der Waals surface area contributed by atoms with Gasteiger partial charge < -0.3 is 14.0 Å². The van der Waals surface area contributed by atoms with Gasteiger partial charge in [0.2, 0.25) is 0 Å². The van der Waals surface area contributed by atoms with Crippen LogP contribution < -0.4 is 9.47 Å². The SMILES string of the molecule is COc1ccnc(Cn2ccc3cc(C)ccc32)c1OC. The van der Waals surface area contributed by atoms with Gasteiger partial charge in [-0.2, -0.15) is 0 Å². The van der Waals surface area contributed by atoms with Gasteiger partial charge in [-0.1, -0.05) is 11.6 Å². The first-order valence-corrected chi connectivity index (χ1v) is 6.84. The van der Waals surface area contributed by atoms with E-state index in [0.717, 1.165) is 5.69 Å². The number of methoxy groups -OCH3 is 2. The van der Waals surface area contributed by atoms with Crippen molar-refractivity contribution >= 4 is 10.9 Å². The number of aromatic nitrogens is 2. The minimum Gasteiger partial charge on any atom is -0.493 e. The zero-order chi connectivity index (χ0) is 14.8. The molecule has 0 N–H and O–H groups in total. The molecule has 1 aromatic carbocycles. The number of hydrogen-bond acceptors (Lipinski definition) is 3. The van der Waals surface area contributed by atoms with Crippen molar-refractivity contribution < 1.29 is 9.47 Å². The van der Waals surface area contributed by atoms with Crippen molar-refractivity contribution in [2.45, 2.75) is 13.5 Å². The van der Waals surface area contributed by atoms with Gasteiger partial charge in [-0.05, 0) is 30.5 Å². The van der Waals surface area contributed by atoms with Crippen LogP contribution in [0.15, 0.2) is 42.7 Å². The summed E-state index contributed by atoms with van der Waals surface area (Å²) in [7, 11) is 3.27. The Morgan fingerprint density at radius 3 is 2.71 bits per heavy atom. The molecule has 0 fully saturated rings. The van der Waals surface area contributed by atoms with Crippen molar-refractivity contribution in [1.82, 2.24) is 9.55 Å². The third-order valence-electron chi connectivity index (χ3n) is 3.61. The van der Waals surface area contributed by atoms with Crippen molar-refractivity contribution in [2.75, 3.05) is 14.2 Å². The zero-order valence-electron chi connectivity index (χ0n) is 12.5. The lowest BCUT2D eigenvalue weighted by Gasteiger charge is -2.12. The third kappa shape index (κ3) is 2.44. The van der Waals surface area contributed by atoms with Crippen LogP contribution >= 0.6 is 0 Å². The van der Waals surface area contributed by atoms with Crippen LogP contribution in [0.25, 0.3) is 10.9 Å². The number of nitrogens with zero attached hydrogens (tertiary/aromatic N) is 2. The predicted molar refractivity (Wildman–Crippen MR) is 83.1 cm³/mol. The molecule has 3 rings (SSSR count). The van der Waals surface area contributed by atoms with Crippen LogP contribution in [0.5, 0.6) is 11.5 Å². The molecule has 21 heavy (non-hydrogen) atoms. The molecule has 0 spiro atoms. The number of hydrogen-bond donors (Lipinski definition) is 0. The van der Waals surface area contributed by atoms with E-state index in [9.17, 15) is 0 Å². The van der Waals surface area contributed by atoms with Gasteiger partial charge in [0.15, 0.2) is 11.5 Å². The van der Waals surface area contributed by atoms with Gasteiger partial charge in [-0.25, -0.2) is 0 Å². The second kappa shape index (κ2) is 5.48. The molecule has 0 aliphatic rings. The molecule has 0 unspecified atom stereocenters. The van der Waals surface area contributed by atoms with Gasteiger partial charge in [-0.3, -0.25) is 4.98 Å². The molecule has 0 saturated carbocycles. The second-order valence-corrected chi connectivity index (χ2v) is 5.00. The Bertz CT molecular complexity index is 778. The van der Waals surface area contributed by atoms with Crippen LogP contribution in [-0.2, 0) is 6.54 Å². The van der Waals surface area contributed by atoms with Crippen LogP contribution in [0.2, 0.25) is 0 Å². The summed E-state index contributed by atoms with van der Waals surface area (Å²) in [5.41, 5.74) is 3.31. The van der Waals surface area contributed by atoms with Crippen molar-refractivity contribution in [3.05, 3.63) is 54.0 Å². The first kappa shape index (κ1) is 13.5. The lowest BCUT2D eigenvalue weighted by Crippen LogP contribution is -2.04. The first-order valence-electron chi connectivity index (χ1n) is 6.84. The molecule has 0 aliphatic heterocycles. The first-order chi connectivity index (χ1) is 10.2. The van der Waals surface area contributed by atoms with Crippen LogP contribution in [0.1, 0.15) is 11.3 Å². The van der Waals surface area contributed by atoms with Crippen molar-refractivity contribution in [1.29, 1.82) is 0 Å². The Morgan fingerprint density at radius 2 is 1.95 bits per heavy atom. The lowest BCUT2D eigenvalue weighted by molar-refractivity contribution is 0.348. The molecule has 108 valence electrons. The highest BCUT2D eigenvalue weighted by atomic mass is 16.5. The van der Waals surface area contributed by atoms with E-state index in [2.05, 4.69) is 46.9 Å². The average molecular weight is 282 g/mol. The predicted octanol–water partition coefficient (Wildman–Crippen LogP) is 3.41. The summed E-state index contributed by atoms with van der Waals surface area (Å²) in [6.45, 7) is 2.75. The standard InChI is InChI=1S/C17H18N2O2/c1-12-4-5-15-13(10-12)7-9-19(15)11-14-17(21-3)16(20-2)6-8-18-14/h4-10H,11H2,1-3H3. The van der Waals surface area contributed by atoms with Gasteiger partial charge in [0.25, 0.3) is 0 Å². The molecule has 0 atom stereocenters. The number of rotatable bonds is 4. The van der Waals surface area contributed by atoms with Crippen LogP contribution in [-0.4, -0.2) is 23.8 Å². The van der Waals surface area contributed by atoms with E-state index in [0.29, 0.717) is 18.0 Å². The molecule has 3 aromatic rings. The topological polar surface area (TPSA) is 36.3 Å². The van der Waals surface area contributed by atoms with E-state index >= 15 is 0 Å². The Labute approximate surface area is 123 Å². The number of aryl methyl sites for hydroxylation is 1. The summed E-state index contributed by atoms with van der Waals surface area (Å²) in [5.74, 6) is 1.39.